The van der Waals surface area contributed by atoms with E-state index < -0.39 is 11.8 Å². The number of anilines is 1. The number of aromatic nitrogens is 3. The van der Waals surface area contributed by atoms with Crippen LogP contribution in [0.2, 0.25) is 0 Å². The number of thiazole rings is 1. The average molecular weight is 421 g/mol. The van der Waals surface area contributed by atoms with Crippen LogP contribution in [0, 0.1) is 12.7 Å². The van der Waals surface area contributed by atoms with E-state index >= 15 is 0 Å². The number of benzene rings is 2. The van der Waals surface area contributed by atoms with E-state index in [1.807, 2.05) is 31.2 Å². The van der Waals surface area contributed by atoms with Crippen LogP contribution in [-0.2, 0) is 0 Å². The summed E-state index contributed by atoms with van der Waals surface area (Å²) < 4.78 is 14.8. The Morgan fingerprint density at radius 3 is 2.60 bits per heavy atom. The average Bonchev–Trinajstić information content (AvgIpc) is 3.36. The second-order valence-corrected chi connectivity index (χ2v) is 7.56. The van der Waals surface area contributed by atoms with Crippen LogP contribution in [0.1, 0.15) is 25.6 Å². The Bertz CT molecular complexity index is 1250. The van der Waals surface area contributed by atoms with Gasteiger partial charge in [-0.3, -0.25) is 14.9 Å². The number of carbonyl (C=O) groups is 2. The first kappa shape index (κ1) is 19.5. The molecule has 2 aromatic carbocycles. The first-order chi connectivity index (χ1) is 14.4. The number of primary amides is 1. The largest absolute Gasteiger partial charge is 0.365 e. The van der Waals surface area contributed by atoms with Crippen LogP contribution in [0.4, 0.5) is 9.52 Å². The van der Waals surface area contributed by atoms with Gasteiger partial charge in [-0.25, -0.2) is 14.1 Å². The van der Waals surface area contributed by atoms with E-state index in [9.17, 15) is 14.0 Å². The molecule has 0 atom stereocenters. The van der Waals surface area contributed by atoms with Gasteiger partial charge in [0, 0.05) is 11.8 Å². The van der Waals surface area contributed by atoms with Crippen LogP contribution in [0.5, 0.6) is 0 Å². The third-order valence-corrected chi connectivity index (χ3v) is 5.24. The Morgan fingerprint density at radius 2 is 1.93 bits per heavy atom. The Morgan fingerprint density at radius 1 is 1.17 bits per heavy atom. The summed E-state index contributed by atoms with van der Waals surface area (Å²) in [6.07, 6.45) is 2.88. The van der Waals surface area contributed by atoms with Gasteiger partial charge in [0.2, 0.25) is 0 Å². The monoisotopic (exact) mass is 421 g/mol. The molecule has 4 rings (SSSR count). The molecular formula is C21H16FN5O2S. The minimum atomic E-state index is -0.613. The maximum absolute atomic E-state index is 13.3. The van der Waals surface area contributed by atoms with Crippen molar-refractivity contribution in [2.75, 3.05) is 5.32 Å². The zero-order valence-electron chi connectivity index (χ0n) is 15.8. The molecule has 0 aliphatic rings. The quantitative estimate of drug-likeness (QED) is 0.512. The van der Waals surface area contributed by atoms with Gasteiger partial charge < -0.3 is 5.73 Å². The number of halogens is 1. The number of nitrogens with one attached hydrogen (secondary N) is 1. The highest BCUT2D eigenvalue weighted by molar-refractivity contribution is 7.17. The zero-order valence-corrected chi connectivity index (χ0v) is 16.6. The molecular weight excluding hydrogens is 405 g/mol. The summed E-state index contributed by atoms with van der Waals surface area (Å²) in [5.74, 6) is -1.42. The van der Waals surface area contributed by atoms with Gasteiger partial charge in [0.1, 0.15) is 16.4 Å². The van der Waals surface area contributed by atoms with Crippen molar-refractivity contribution in [2.45, 2.75) is 6.92 Å². The molecule has 4 aromatic rings. The molecule has 0 radical (unpaired) electrons. The number of hydrogen-bond acceptors (Lipinski definition) is 5. The Labute approximate surface area is 175 Å². The van der Waals surface area contributed by atoms with E-state index in [4.69, 9.17) is 5.73 Å². The van der Waals surface area contributed by atoms with Gasteiger partial charge in [-0.05, 0) is 37.3 Å². The molecule has 3 N–H and O–H groups in total. The number of carbonyl (C=O) groups excluding carboxylic acids is 2. The minimum absolute atomic E-state index is 0.242. The van der Waals surface area contributed by atoms with Crippen molar-refractivity contribution < 1.29 is 14.0 Å². The second-order valence-electron chi connectivity index (χ2n) is 6.53. The van der Waals surface area contributed by atoms with Crippen LogP contribution in [0.15, 0.2) is 60.9 Å². The third kappa shape index (κ3) is 3.96. The van der Waals surface area contributed by atoms with Crippen molar-refractivity contribution in [2.24, 2.45) is 5.73 Å². The van der Waals surface area contributed by atoms with Crippen LogP contribution in [0.25, 0.3) is 16.9 Å². The molecule has 0 fully saturated rings. The molecule has 0 saturated carbocycles. The van der Waals surface area contributed by atoms with Gasteiger partial charge in [0.25, 0.3) is 11.8 Å². The lowest BCUT2D eigenvalue weighted by Gasteiger charge is -2.03. The summed E-state index contributed by atoms with van der Waals surface area (Å²) in [6, 6.07) is 13.4. The highest BCUT2D eigenvalue weighted by Crippen LogP contribution is 2.26. The second kappa shape index (κ2) is 7.88. The number of aryl methyl sites for hydroxylation is 1. The molecule has 2 amide bonds. The fourth-order valence-electron chi connectivity index (χ4n) is 2.88. The van der Waals surface area contributed by atoms with Crippen LogP contribution >= 0.6 is 11.3 Å². The Hall–Kier alpha value is -3.85. The molecule has 9 heteroatoms. The van der Waals surface area contributed by atoms with E-state index in [-0.39, 0.29) is 15.8 Å². The first-order valence-corrected chi connectivity index (χ1v) is 9.72. The van der Waals surface area contributed by atoms with Crippen molar-refractivity contribution in [3.63, 3.8) is 0 Å². The maximum atomic E-state index is 13.3. The Balaban J connectivity index is 1.75. The minimum Gasteiger partial charge on any atom is -0.365 e. The molecule has 2 heterocycles. The summed E-state index contributed by atoms with van der Waals surface area (Å²) in [5, 5.41) is 7.49. The normalized spacial score (nSPS) is 10.7. The predicted molar refractivity (Wildman–Crippen MR) is 112 cm³/mol. The predicted octanol–water partition coefficient (Wildman–Crippen LogP) is 3.79. The number of nitrogens with two attached hydrogens (primary N) is 1. The fraction of sp³-hybridized carbons (Fsp3) is 0.0476. The van der Waals surface area contributed by atoms with Gasteiger partial charge >= 0.3 is 0 Å². The summed E-state index contributed by atoms with van der Waals surface area (Å²) in [7, 11) is 0. The van der Waals surface area contributed by atoms with Gasteiger partial charge in [-0.2, -0.15) is 5.10 Å². The zero-order chi connectivity index (χ0) is 21.3. The summed E-state index contributed by atoms with van der Waals surface area (Å²) in [5.41, 5.74) is 8.39. The van der Waals surface area contributed by atoms with Gasteiger partial charge in [-0.1, -0.05) is 35.1 Å². The molecule has 0 saturated heterocycles. The van der Waals surface area contributed by atoms with Crippen molar-refractivity contribution >= 4 is 28.3 Å². The van der Waals surface area contributed by atoms with Crippen LogP contribution in [0.3, 0.4) is 0 Å². The van der Waals surface area contributed by atoms with Gasteiger partial charge in [-0.15, -0.1) is 0 Å². The fourth-order valence-corrected chi connectivity index (χ4v) is 3.55. The van der Waals surface area contributed by atoms with Crippen LogP contribution < -0.4 is 11.1 Å². The van der Waals surface area contributed by atoms with Crippen molar-refractivity contribution in [3.05, 3.63) is 82.7 Å². The molecule has 0 bridgehead atoms. The maximum Gasteiger partial charge on any atom is 0.261 e. The summed E-state index contributed by atoms with van der Waals surface area (Å²) in [6.45, 7) is 1.95. The van der Waals surface area contributed by atoms with Crippen molar-refractivity contribution in [3.8, 4) is 16.9 Å². The van der Waals surface area contributed by atoms with Crippen molar-refractivity contribution in [1.29, 1.82) is 0 Å². The molecule has 0 spiro atoms. The van der Waals surface area contributed by atoms with Crippen molar-refractivity contribution in [1.82, 2.24) is 14.8 Å². The summed E-state index contributed by atoms with van der Waals surface area (Å²) >= 11 is 0.986. The molecule has 2 aromatic heterocycles. The molecule has 30 heavy (non-hydrogen) atoms. The number of rotatable bonds is 5. The molecule has 7 nitrogen and oxygen atoms in total. The number of nitrogens with zero attached hydrogens (tertiary/aromatic N) is 3. The smallest absolute Gasteiger partial charge is 0.261 e. The molecule has 150 valence electrons. The molecule has 0 aliphatic carbocycles. The van der Waals surface area contributed by atoms with Crippen LogP contribution in [-0.4, -0.2) is 26.6 Å². The Kier molecular flexibility index (Phi) is 5.11. The van der Waals surface area contributed by atoms with Gasteiger partial charge in [0.15, 0.2) is 5.13 Å². The number of amides is 2. The molecule has 0 aliphatic heterocycles. The first-order valence-electron chi connectivity index (χ1n) is 8.90. The highest BCUT2D eigenvalue weighted by Gasteiger charge is 2.20. The van der Waals surface area contributed by atoms with E-state index in [2.05, 4.69) is 15.4 Å². The highest BCUT2D eigenvalue weighted by atomic mass is 32.1. The van der Waals surface area contributed by atoms with Gasteiger partial charge in [0.05, 0.1) is 17.4 Å². The SMILES string of the molecule is Cc1cccc(-c2nn(-c3ccc(F)cc3)cc2C(=O)Nc2ncc(C(N)=O)s2)c1. The lowest BCUT2D eigenvalue weighted by atomic mass is 10.1. The molecule has 0 unspecified atom stereocenters. The van der Waals surface area contributed by atoms with E-state index in [0.717, 1.165) is 22.5 Å². The number of hydrogen-bond donors (Lipinski definition) is 2. The third-order valence-electron chi connectivity index (χ3n) is 4.31. The van der Waals surface area contributed by atoms with E-state index in [1.54, 1.807) is 18.3 Å². The standard InChI is InChI=1S/C21H16FN5O2S/c1-12-3-2-4-13(9-12)18-16(11-27(26-18)15-7-5-14(22)6-8-15)20(29)25-21-24-10-17(30-21)19(23)28/h2-11H,1H3,(H2,23,28)(H,24,25,29). The summed E-state index contributed by atoms with van der Waals surface area (Å²) in [4.78, 5) is 28.5. The lowest BCUT2D eigenvalue weighted by Crippen LogP contribution is -2.12. The topological polar surface area (TPSA) is 103 Å². The van der Waals surface area contributed by atoms with E-state index in [1.165, 1.54) is 23.0 Å². The lowest BCUT2D eigenvalue weighted by molar-refractivity contribution is 0.100. The van der Waals surface area contributed by atoms with E-state index in [0.29, 0.717) is 16.9 Å².